The van der Waals surface area contributed by atoms with E-state index >= 15 is 0 Å². The Hall–Kier alpha value is -6.69. The third-order valence-corrected chi connectivity index (χ3v) is 15.1. The van der Waals surface area contributed by atoms with Gasteiger partial charge in [-0.1, -0.05) is 109 Å². The molecule has 0 aliphatic heterocycles. The zero-order chi connectivity index (χ0) is 71.3. The van der Waals surface area contributed by atoms with Crippen LogP contribution in [0, 0.1) is 63.7 Å². The van der Waals surface area contributed by atoms with Crippen LogP contribution >= 0.6 is 0 Å². The van der Waals surface area contributed by atoms with Crippen LogP contribution in [0.2, 0.25) is 0 Å². The van der Waals surface area contributed by atoms with Gasteiger partial charge >= 0.3 is 35.0 Å². The summed E-state index contributed by atoms with van der Waals surface area (Å²) in [6, 6.07) is 19.8. The summed E-state index contributed by atoms with van der Waals surface area (Å²) in [4.78, 5) is 39.2. The maximum Gasteiger partial charge on any atom is 2.00 e. The summed E-state index contributed by atoms with van der Waals surface area (Å²) in [6.45, 7) is 21.1. The van der Waals surface area contributed by atoms with E-state index in [0.717, 1.165) is 56.6 Å². The van der Waals surface area contributed by atoms with Gasteiger partial charge in [-0.05, 0) is 217 Å². The number of aliphatic hydroxyl groups is 1. The molecule has 5 aromatic rings. The van der Waals surface area contributed by atoms with Crippen molar-refractivity contribution in [2.45, 2.75) is 235 Å². The van der Waals surface area contributed by atoms with Gasteiger partial charge in [0.05, 0.1) is 37.7 Å². The fourth-order valence-electron chi connectivity index (χ4n) is 10.6. The molecule has 2 saturated carbocycles. The van der Waals surface area contributed by atoms with Gasteiger partial charge < -0.3 is 57.2 Å². The molecule has 0 amide bonds. The molecule has 2 aliphatic rings. The molecule has 0 unspecified atom stereocenters. The molecular formula is C81H111FeN3O15+2. The number of benzene rings is 4. The van der Waals surface area contributed by atoms with Crippen molar-refractivity contribution in [2.75, 3.05) is 39.6 Å². The Labute approximate surface area is 609 Å². The minimum Gasteiger partial charge on any atom is -0.493 e. The van der Waals surface area contributed by atoms with Gasteiger partial charge in [-0.3, -0.25) is 4.68 Å². The molecule has 1 N–H and O–H groups in total. The molecule has 546 valence electrons. The molecule has 1 aromatic heterocycles. The van der Waals surface area contributed by atoms with Gasteiger partial charge in [0.25, 0.3) is 0 Å². The average molecular weight is 1420 g/mol. The number of hydrogen-bond acceptors (Lipinski definition) is 17. The molecule has 1 heterocycles. The fourth-order valence-corrected chi connectivity index (χ4v) is 10.6. The normalized spacial score (nSPS) is 13.2. The maximum absolute atomic E-state index is 13.3. The summed E-state index contributed by atoms with van der Waals surface area (Å²) in [7, 11) is 0. The molecule has 4 aromatic carbocycles. The van der Waals surface area contributed by atoms with Crippen LogP contribution in [0.1, 0.15) is 208 Å². The van der Waals surface area contributed by atoms with E-state index < -0.39 is 41.3 Å². The van der Waals surface area contributed by atoms with E-state index in [1.807, 2.05) is 101 Å². The van der Waals surface area contributed by atoms with Crippen molar-refractivity contribution >= 4 is 17.9 Å². The Morgan fingerprint density at radius 1 is 0.420 bits per heavy atom. The molecular weight excluding hydrogens is 1310 g/mol. The second-order valence-corrected chi connectivity index (χ2v) is 27.9. The first-order valence-corrected chi connectivity index (χ1v) is 35.7. The summed E-state index contributed by atoms with van der Waals surface area (Å²) in [5.74, 6) is 2.79. The van der Waals surface area contributed by atoms with Crippen LogP contribution < -0.4 is 37.9 Å². The third kappa shape index (κ3) is 35.3. The average Bonchev–Trinajstić information content (AvgIpc) is 0.897. The Kier molecular flexibility index (Phi) is 38.1. The number of aromatic nitrogens is 3. The Morgan fingerprint density at radius 3 is 1.23 bits per heavy atom. The van der Waals surface area contributed by atoms with E-state index in [1.165, 1.54) is 57.8 Å². The summed E-state index contributed by atoms with van der Waals surface area (Å²) in [5.41, 5.74) is 1.57. The number of carbonyl (C=O) groups excluding carboxylic acids is 3. The molecule has 7 rings (SSSR count). The predicted molar refractivity (Wildman–Crippen MR) is 385 cm³/mol. The number of unbranched alkanes of at least 4 members (excludes halogenated alkanes) is 14. The van der Waals surface area contributed by atoms with E-state index in [2.05, 4.69) is 37.0 Å². The second kappa shape index (κ2) is 45.3. The minimum atomic E-state index is -0.771. The molecule has 0 bridgehead atoms. The van der Waals surface area contributed by atoms with Gasteiger partial charge in [-0.25, -0.2) is 14.4 Å². The van der Waals surface area contributed by atoms with Crippen LogP contribution in [-0.2, 0) is 78.4 Å². The summed E-state index contributed by atoms with van der Waals surface area (Å²) >= 11 is 0. The Bertz CT molecular complexity index is 3150. The topological polar surface area (TPSA) is 204 Å². The summed E-state index contributed by atoms with van der Waals surface area (Å²) in [5, 5.41) is 19.4. The van der Waals surface area contributed by atoms with Crippen molar-refractivity contribution < 1.29 is 88.7 Å². The van der Waals surface area contributed by atoms with Crippen molar-refractivity contribution in [1.29, 1.82) is 0 Å². The van der Waals surface area contributed by atoms with E-state index in [9.17, 15) is 19.5 Å². The SMILES string of the molecule is CCCCCCCCCCOc1cc(COc2cc(OCc3cc(OCCCc4cn(C[C]5[CH][CH][CH][CH]5)nn4)cc(OCC(=O)OC(C)(C)C)c3)cc(-c3c(OCCCCCCCCCC)cc(CO)cc3OCC(=O)OC(C)(C)C)c2)cc(OCC(=O)OC(C)(C)C)c1.[CH]1[CH][CH][CH][CH]1.[Fe+2]. The minimum absolute atomic E-state index is 0. The number of ether oxygens (including phenoxy) is 11. The standard InChI is InChI=1S/C76H106N3O15.C5H5.Fe/c1-12-14-16-18-20-22-24-28-34-84-62-37-58(39-64(45-62)89-53-70(81)92-74(3,4)5)51-87-66-43-60(73-68(86-35-29-25-23-21-19-17-15-13-2)41-57(50-80)42-69(73)91-55-72(83)94-76(9,10)11)44-67(47-66)88-52-59-38-63(46-65(40-59)90-54-71(82)93-75(6,7)8)85-36-30-33-61-49-79(78-77-61)48-56-31-26-27-32-56;1-2-4-5-3-1;/h26-27,31-32,37-47,49,80H,12-25,28-30,33-36,48,50-55H2,1-11H3;1-5H;/q;;+2. The number of carbonyl (C=O) groups is 3. The zero-order valence-electron chi connectivity index (χ0n) is 61.3. The van der Waals surface area contributed by atoms with Crippen molar-refractivity contribution in [3.05, 3.63) is 159 Å². The van der Waals surface area contributed by atoms with Crippen molar-refractivity contribution in [3.63, 3.8) is 0 Å². The smallest absolute Gasteiger partial charge is 0.493 e. The van der Waals surface area contributed by atoms with Crippen LogP contribution in [0.5, 0.6) is 46.0 Å². The summed E-state index contributed by atoms with van der Waals surface area (Å²) in [6.07, 6.45) is 39.4. The van der Waals surface area contributed by atoms with Gasteiger partial charge in [0.1, 0.15) is 76.0 Å². The molecule has 0 spiro atoms. The van der Waals surface area contributed by atoms with E-state index in [1.54, 1.807) is 84.0 Å². The first-order valence-electron chi connectivity index (χ1n) is 35.7. The second-order valence-electron chi connectivity index (χ2n) is 27.9. The first-order chi connectivity index (χ1) is 47.5. The van der Waals surface area contributed by atoms with Crippen LogP contribution in [0.3, 0.4) is 0 Å². The Morgan fingerprint density at radius 2 is 0.800 bits per heavy atom. The number of aliphatic hydroxyl groups excluding tert-OH is 1. The maximum atomic E-state index is 13.3. The molecule has 18 nitrogen and oxygen atoms in total. The van der Waals surface area contributed by atoms with Gasteiger partial charge in [-0.2, -0.15) is 0 Å². The summed E-state index contributed by atoms with van der Waals surface area (Å²) < 4.78 is 70.0. The quantitative estimate of drug-likeness (QED) is 0.0167. The number of nitrogens with zero attached hydrogens (tertiary/aromatic N) is 3. The number of rotatable bonds is 44. The van der Waals surface area contributed by atoms with E-state index in [-0.39, 0.29) is 55.9 Å². The molecule has 2 aliphatic carbocycles. The number of esters is 3. The van der Waals surface area contributed by atoms with Gasteiger partial charge in [-0.15, -0.1) is 5.10 Å². The first kappa shape index (κ1) is 84.0. The fraction of sp³-hybridized carbons (Fsp3) is 0.519. The largest absolute Gasteiger partial charge is 2.00 e. The molecule has 10 radical (unpaired) electrons. The number of aryl methyl sites for hydroxylation is 1. The van der Waals surface area contributed by atoms with Gasteiger partial charge in [0.2, 0.25) is 0 Å². The molecule has 19 heteroatoms. The third-order valence-electron chi connectivity index (χ3n) is 15.1. The van der Waals surface area contributed by atoms with Crippen LogP contribution in [-0.4, -0.2) is 94.5 Å². The van der Waals surface area contributed by atoms with Crippen LogP contribution in [0.4, 0.5) is 0 Å². The van der Waals surface area contributed by atoms with Crippen molar-refractivity contribution in [2.24, 2.45) is 0 Å². The molecule has 2 fully saturated rings. The van der Waals surface area contributed by atoms with Crippen molar-refractivity contribution in [3.8, 4) is 57.1 Å². The van der Waals surface area contributed by atoms with Gasteiger partial charge in [0.15, 0.2) is 19.8 Å². The molecule has 0 atom stereocenters. The molecule has 0 saturated heterocycles. The predicted octanol–water partition coefficient (Wildman–Crippen LogP) is 17.2. The van der Waals surface area contributed by atoms with Gasteiger partial charge in [0, 0.05) is 36.9 Å². The van der Waals surface area contributed by atoms with Crippen molar-refractivity contribution in [1.82, 2.24) is 15.0 Å². The monoisotopic (exact) mass is 1420 g/mol. The zero-order valence-corrected chi connectivity index (χ0v) is 62.4. The van der Waals surface area contributed by atoms with Crippen LogP contribution in [0.15, 0.2) is 72.9 Å². The number of hydrogen-bond donors (Lipinski definition) is 1. The Balaban J connectivity index is 0.00000287. The van der Waals surface area contributed by atoms with Crippen LogP contribution in [0.25, 0.3) is 11.1 Å². The molecule has 100 heavy (non-hydrogen) atoms. The van der Waals surface area contributed by atoms with E-state index in [0.29, 0.717) is 107 Å². The van der Waals surface area contributed by atoms with E-state index in [4.69, 9.17) is 52.1 Å².